The third kappa shape index (κ3) is 4.46. The van der Waals surface area contributed by atoms with Gasteiger partial charge in [-0.25, -0.2) is 13.8 Å². The fourth-order valence-electron chi connectivity index (χ4n) is 4.20. The second-order valence-corrected chi connectivity index (χ2v) is 10.4. The topological polar surface area (TPSA) is 65.5 Å². The summed E-state index contributed by atoms with van der Waals surface area (Å²) in [4.78, 5) is 20.0. The van der Waals surface area contributed by atoms with Gasteiger partial charge in [0.2, 0.25) is 0 Å². The Balaban J connectivity index is 1.16. The van der Waals surface area contributed by atoms with Crippen molar-refractivity contribution >= 4 is 45.1 Å². The van der Waals surface area contributed by atoms with E-state index in [1.54, 1.807) is 28.4 Å². The third-order valence-electron chi connectivity index (χ3n) is 6.30. The molecule has 2 N–H and O–H groups in total. The Morgan fingerprint density at radius 3 is 2.62 bits per heavy atom. The molecule has 3 aromatic rings. The van der Waals surface area contributed by atoms with E-state index in [-0.39, 0.29) is 18.7 Å². The number of rotatable bonds is 6. The molecule has 1 unspecified atom stereocenters. The minimum absolute atomic E-state index is 0.102. The zero-order valence-corrected chi connectivity index (χ0v) is 18.9. The maximum Gasteiger partial charge on any atom is 0.253 e. The first kappa shape index (κ1) is 21.6. The minimum Gasteiger partial charge on any atom is -0.390 e. The smallest absolute Gasteiger partial charge is 0.253 e. The van der Waals surface area contributed by atoms with Crippen LogP contribution in [0.1, 0.15) is 36.0 Å². The third-order valence-corrected chi connectivity index (χ3v) is 7.98. The van der Waals surface area contributed by atoms with Crippen LogP contribution in [0.2, 0.25) is 0 Å². The molecule has 2 aromatic carbocycles. The molecule has 1 saturated carbocycles. The molecular weight excluding hydrogens is 452 g/mol. The molecule has 0 bridgehead atoms. The van der Waals surface area contributed by atoms with E-state index in [0.29, 0.717) is 31.5 Å². The first-order chi connectivity index (χ1) is 15.3. The van der Waals surface area contributed by atoms with Gasteiger partial charge in [-0.05, 0) is 67.6 Å². The monoisotopic (exact) mass is 475 g/mol. The van der Waals surface area contributed by atoms with Crippen LogP contribution in [0, 0.1) is 5.92 Å². The number of piperidine rings is 1. The first-order valence-electron chi connectivity index (χ1n) is 10.6. The molecule has 5 rings (SSSR count). The Bertz CT molecular complexity index is 1130. The van der Waals surface area contributed by atoms with Crippen molar-refractivity contribution in [2.75, 3.05) is 17.8 Å². The summed E-state index contributed by atoms with van der Waals surface area (Å²) >= 11 is 3.08. The van der Waals surface area contributed by atoms with E-state index >= 15 is 0 Å². The van der Waals surface area contributed by atoms with Gasteiger partial charge in [0, 0.05) is 36.7 Å². The number of alkyl halides is 2. The van der Waals surface area contributed by atoms with E-state index in [9.17, 15) is 18.7 Å². The Labute approximate surface area is 193 Å². The molecule has 168 valence electrons. The number of hydrogen-bond donors (Lipinski definition) is 2. The maximum atomic E-state index is 13.2. The van der Waals surface area contributed by atoms with Crippen molar-refractivity contribution in [2.24, 2.45) is 5.92 Å². The fourth-order valence-corrected chi connectivity index (χ4v) is 5.74. The van der Waals surface area contributed by atoms with E-state index in [2.05, 4.69) is 9.71 Å². The molecule has 2 heterocycles. The van der Waals surface area contributed by atoms with Gasteiger partial charge in [0.1, 0.15) is 0 Å². The number of likely N-dealkylation sites (tertiary alicyclic amines) is 1. The van der Waals surface area contributed by atoms with E-state index < -0.39 is 17.4 Å². The molecule has 1 amide bonds. The Morgan fingerprint density at radius 2 is 1.94 bits per heavy atom. The Hall–Kier alpha value is -2.23. The summed E-state index contributed by atoms with van der Waals surface area (Å²) in [5.74, 6) is -3.44. The molecule has 1 aliphatic carbocycles. The summed E-state index contributed by atoms with van der Waals surface area (Å²) in [6, 6.07) is 13.3. The number of nitrogens with zero attached hydrogens (tertiary/aromatic N) is 2. The van der Waals surface area contributed by atoms with Gasteiger partial charge in [-0.1, -0.05) is 6.07 Å². The van der Waals surface area contributed by atoms with Gasteiger partial charge < -0.3 is 14.7 Å². The van der Waals surface area contributed by atoms with Crippen LogP contribution in [0.4, 0.5) is 14.5 Å². The van der Waals surface area contributed by atoms with Crippen molar-refractivity contribution in [2.45, 2.75) is 42.1 Å². The van der Waals surface area contributed by atoms with Gasteiger partial charge in [0.15, 0.2) is 0 Å². The van der Waals surface area contributed by atoms with Crippen molar-refractivity contribution < 1.29 is 18.7 Å². The number of anilines is 1. The van der Waals surface area contributed by atoms with Gasteiger partial charge in [-0.2, -0.15) is 0 Å². The maximum absolute atomic E-state index is 13.2. The number of para-hydroxylation sites is 1. The van der Waals surface area contributed by atoms with Gasteiger partial charge in [0.05, 0.1) is 26.2 Å². The van der Waals surface area contributed by atoms with Crippen LogP contribution in [-0.2, 0) is 0 Å². The summed E-state index contributed by atoms with van der Waals surface area (Å²) in [7, 11) is 0. The predicted molar refractivity (Wildman–Crippen MR) is 123 cm³/mol. The van der Waals surface area contributed by atoms with Crippen LogP contribution in [0.5, 0.6) is 0 Å². The lowest BCUT2D eigenvalue weighted by atomic mass is 9.86. The zero-order valence-electron chi connectivity index (χ0n) is 17.3. The van der Waals surface area contributed by atoms with Crippen molar-refractivity contribution in [1.29, 1.82) is 0 Å². The number of fused-ring (bicyclic) bond motifs is 1. The molecule has 9 heteroatoms. The van der Waals surface area contributed by atoms with Crippen molar-refractivity contribution in [3.05, 3.63) is 53.5 Å². The average Bonchev–Trinajstić information content (AvgIpc) is 3.15. The standard InChI is InChI=1S/C23H23F2N3O2S2/c24-23(25)13-16(23)12-22(30)8-10-28(11-9-22)21(29)15-4-6-17(7-5-15)27-32-19-3-1-2-18-20(19)26-14-31-18/h1-7,14,16,27,30H,8-13H2. The number of aromatic nitrogens is 1. The highest BCUT2D eigenvalue weighted by atomic mass is 32.2. The number of nitrogens with one attached hydrogen (secondary N) is 1. The highest BCUT2D eigenvalue weighted by Crippen LogP contribution is 2.53. The summed E-state index contributed by atoms with van der Waals surface area (Å²) in [5, 5.41) is 10.6. The van der Waals surface area contributed by atoms with Gasteiger partial charge in [-0.3, -0.25) is 4.79 Å². The summed E-state index contributed by atoms with van der Waals surface area (Å²) in [5.41, 5.74) is 3.15. The lowest BCUT2D eigenvalue weighted by molar-refractivity contribution is -0.0366. The molecule has 0 spiro atoms. The number of carbonyl (C=O) groups is 1. The highest BCUT2D eigenvalue weighted by Gasteiger charge is 2.59. The number of aliphatic hydroxyl groups is 1. The van der Waals surface area contributed by atoms with Crippen LogP contribution < -0.4 is 4.72 Å². The van der Waals surface area contributed by atoms with E-state index in [1.165, 1.54) is 11.9 Å². The van der Waals surface area contributed by atoms with Crippen molar-refractivity contribution in [3.63, 3.8) is 0 Å². The van der Waals surface area contributed by atoms with Crippen LogP contribution >= 0.6 is 23.3 Å². The fraction of sp³-hybridized carbons (Fsp3) is 0.391. The van der Waals surface area contributed by atoms with E-state index in [4.69, 9.17) is 0 Å². The summed E-state index contributed by atoms with van der Waals surface area (Å²) in [6.45, 7) is 0.752. The minimum atomic E-state index is -2.62. The number of carbonyl (C=O) groups excluding carboxylic acids is 1. The molecular formula is C23H23F2N3O2S2. The quantitative estimate of drug-likeness (QED) is 0.466. The lowest BCUT2D eigenvalue weighted by Gasteiger charge is -2.38. The average molecular weight is 476 g/mol. The Morgan fingerprint density at radius 1 is 1.22 bits per heavy atom. The molecule has 2 fully saturated rings. The zero-order chi connectivity index (χ0) is 22.3. The molecule has 1 aromatic heterocycles. The highest BCUT2D eigenvalue weighted by molar-refractivity contribution is 8.00. The van der Waals surface area contributed by atoms with Crippen LogP contribution in [0.15, 0.2) is 52.9 Å². The molecule has 1 saturated heterocycles. The summed E-state index contributed by atoms with van der Waals surface area (Å²) in [6.07, 6.45) is 0.664. The predicted octanol–water partition coefficient (Wildman–Crippen LogP) is 5.43. The number of halogens is 2. The van der Waals surface area contributed by atoms with Crippen LogP contribution in [-0.4, -0.2) is 45.5 Å². The van der Waals surface area contributed by atoms with Crippen molar-refractivity contribution in [1.82, 2.24) is 9.88 Å². The number of benzene rings is 2. The molecule has 2 aliphatic rings. The van der Waals surface area contributed by atoms with Gasteiger partial charge in [0.25, 0.3) is 11.8 Å². The Kier molecular flexibility index (Phi) is 5.59. The second-order valence-electron chi connectivity index (χ2n) is 8.62. The largest absolute Gasteiger partial charge is 0.390 e. The first-order valence-corrected chi connectivity index (χ1v) is 12.3. The number of thiazole rings is 1. The van der Waals surface area contributed by atoms with Crippen LogP contribution in [0.25, 0.3) is 10.2 Å². The van der Waals surface area contributed by atoms with Gasteiger partial charge in [-0.15, -0.1) is 11.3 Å². The molecule has 1 aliphatic heterocycles. The number of amides is 1. The SMILES string of the molecule is O=C(c1ccc(NSc2cccc3scnc23)cc1)N1CCC(O)(CC2CC2(F)F)CC1. The molecule has 32 heavy (non-hydrogen) atoms. The molecule has 5 nitrogen and oxygen atoms in total. The molecule has 1 atom stereocenters. The van der Waals surface area contributed by atoms with Crippen LogP contribution in [0.3, 0.4) is 0 Å². The molecule has 0 radical (unpaired) electrons. The lowest BCUT2D eigenvalue weighted by Crippen LogP contribution is -2.47. The second kappa shape index (κ2) is 8.28. The normalized spacial score (nSPS) is 21.5. The van der Waals surface area contributed by atoms with Gasteiger partial charge >= 0.3 is 0 Å². The number of hydrogen-bond acceptors (Lipinski definition) is 6. The summed E-state index contributed by atoms with van der Waals surface area (Å²) < 4.78 is 30.8. The van der Waals surface area contributed by atoms with E-state index in [0.717, 1.165) is 20.8 Å². The van der Waals surface area contributed by atoms with Crippen molar-refractivity contribution in [3.8, 4) is 0 Å². The van der Waals surface area contributed by atoms with E-state index in [1.807, 2.05) is 35.8 Å².